The van der Waals surface area contributed by atoms with E-state index in [0.29, 0.717) is 36.3 Å². The predicted molar refractivity (Wildman–Crippen MR) is 121 cm³/mol. The molecule has 29 heavy (non-hydrogen) atoms. The van der Waals surface area contributed by atoms with Gasteiger partial charge in [-0.15, -0.1) is 0 Å². The molecular formula is C23H46N6. The van der Waals surface area contributed by atoms with Gasteiger partial charge >= 0.3 is 0 Å². The van der Waals surface area contributed by atoms with Crippen molar-refractivity contribution >= 4 is 0 Å². The predicted octanol–water partition coefficient (Wildman–Crippen LogP) is 1.20. The average Bonchev–Trinajstić information content (AvgIpc) is 2.93. The Labute approximate surface area is 178 Å². The van der Waals surface area contributed by atoms with Crippen LogP contribution in [0.4, 0.5) is 0 Å². The van der Waals surface area contributed by atoms with Crippen molar-refractivity contribution in [3.8, 4) is 0 Å². The van der Waals surface area contributed by atoms with Crippen molar-refractivity contribution in [2.45, 2.75) is 113 Å². The average molecular weight is 407 g/mol. The molecule has 0 radical (unpaired) electrons. The Balaban J connectivity index is 1.40. The molecule has 168 valence electrons. The van der Waals surface area contributed by atoms with Crippen LogP contribution in [0.25, 0.3) is 0 Å². The first-order valence-electron chi connectivity index (χ1n) is 12.6. The molecule has 4 fully saturated rings. The first-order chi connectivity index (χ1) is 14.2. The van der Waals surface area contributed by atoms with Crippen molar-refractivity contribution < 1.29 is 0 Å². The van der Waals surface area contributed by atoms with Crippen LogP contribution in [-0.4, -0.2) is 62.4 Å². The summed E-state index contributed by atoms with van der Waals surface area (Å²) in [5.41, 5.74) is 13.1. The molecule has 0 aromatic rings. The number of hydrogen-bond donors (Lipinski definition) is 6. The SMILES string of the molecule is N[C@@H]1CCCC[C@H]1NCC1(CN[C@@H]2CCCC[C@H]2N)CN[C@@H]2CCCC[C@H]2NC1. The van der Waals surface area contributed by atoms with E-state index in [4.69, 9.17) is 11.5 Å². The number of nitrogens with two attached hydrogens (primary N) is 2. The second-order valence-electron chi connectivity index (χ2n) is 10.6. The molecule has 0 amide bonds. The van der Waals surface area contributed by atoms with Gasteiger partial charge in [-0.1, -0.05) is 38.5 Å². The van der Waals surface area contributed by atoms with Gasteiger partial charge < -0.3 is 32.7 Å². The van der Waals surface area contributed by atoms with Crippen molar-refractivity contribution in [2.75, 3.05) is 26.2 Å². The summed E-state index contributed by atoms with van der Waals surface area (Å²) in [4.78, 5) is 0. The van der Waals surface area contributed by atoms with Gasteiger partial charge in [-0.2, -0.15) is 0 Å². The minimum Gasteiger partial charge on any atom is -0.326 e. The van der Waals surface area contributed by atoms with Crippen molar-refractivity contribution in [3.63, 3.8) is 0 Å². The summed E-state index contributed by atoms with van der Waals surface area (Å²) in [6.45, 7) is 4.20. The third-order valence-electron chi connectivity index (χ3n) is 8.36. The fraction of sp³-hybridized carbons (Fsp3) is 1.00. The van der Waals surface area contributed by atoms with Gasteiger partial charge in [0.1, 0.15) is 0 Å². The van der Waals surface area contributed by atoms with Crippen LogP contribution in [0.2, 0.25) is 0 Å². The van der Waals surface area contributed by atoms with Crippen molar-refractivity contribution in [3.05, 3.63) is 0 Å². The molecule has 3 aliphatic carbocycles. The Kier molecular flexibility index (Phi) is 7.87. The Morgan fingerprint density at radius 3 is 1.48 bits per heavy atom. The zero-order valence-corrected chi connectivity index (χ0v) is 18.4. The second-order valence-corrected chi connectivity index (χ2v) is 10.6. The van der Waals surface area contributed by atoms with E-state index in [9.17, 15) is 0 Å². The summed E-state index contributed by atoms with van der Waals surface area (Å²) in [5.74, 6) is 0. The fourth-order valence-corrected chi connectivity index (χ4v) is 6.21. The van der Waals surface area contributed by atoms with Crippen molar-refractivity contribution in [1.29, 1.82) is 0 Å². The van der Waals surface area contributed by atoms with Crippen LogP contribution in [0.3, 0.4) is 0 Å². The minimum atomic E-state index is 0.172. The molecule has 4 aliphatic rings. The zero-order valence-electron chi connectivity index (χ0n) is 18.4. The molecular weight excluding hydrogens is 360 g/mol. The number of nitrogens with one attached hydrogen (secondary N) is 4. The second kappa shape index (κ2) is 10.4. The maximum Gasteiger partial charge on any atom is 0.0221 e. The van der Waals surface area contributed by atoms with Gasteiger partial charge in [0.2, 0.25) is 0 Å². The molecule has 8 N–H and O–H groups in total. The first-order valence-corrected chi connectivity index (χ1v) is 12.6. The maximum atomic E-state index is 6.45. The van der Waals surface area contributed by atoms with Crippen LogP contribution < -0.4 is 32.7 Å². The molecule has 0 bridgehead atoms. The summed E-state index contributed by atoms with van der Waals surface area (Å²) < 4.78 is 0. The molecule has 0 unspecified atom stereocenters. The van der Waals surface area contributed by atoms with Gasteiger partial charge in [-0.3, -0.25) is 0 Å². The highest BCUT2D eigenvalue weighted by Crippen LogP contribution is 2.27. The molecule has 0 aromatic carbocycles. The summed E-state index contributed by atoms with van der Waals surface area (Å²) in [7, 11) is 0. The highest BCUT2D eigenvalue weighted by molar-refractivity contribution is 5.00. The lowest BCUT2D eigenvalue weighted by Gasteiger charge is -2.40. The number of rotatable bonds is 6. The third kappa shape index (κ3) is 5.72. The lowest BCUT2D eigenvalue weighted by Crippen LogP contribution is -2.59. The normalized spacial score (nSPS) is 40.8. The Morgan fingerprint density at radius 1 is 0.621 bits per heavy atom. The van der Waals surface area contributed by atoms with E-state index in [1.807, 2.05) is 0 Å². The quantitative estimate of drug-likeness (QED) is 0.396. The summed E-state index contributed by atoms with van der Waals surface area (Å²) in [5, 5.41) is 15.8. The van der Waals surface area contributed by atoms with Crippen molar-refractivity contribution in [1.82, 2.24) is 21.3 Å². The van der Waals surface area contributed by atoms with Gasteiger partial charge in [0.25, 0.3) is 0 Å². The third-order valence-corrected chi connectivity index (χ3v) is 8.36. The number of fused-ring (bicyclic) bond motifs is 1. The van der Waals surface area contributed by atoms with E-state index in [2.05, 4.69) is 21.3 Å². The topological polar surface area (TPSA) is 100 Å². The minimum absolute atomic E-state index is 0.172. The molecule has 0 aromatic heterocycles. The summed E-state index contributed by atoms with van der Waals surface area (Å²) in [6.07, 6.45) is 15.4. The van der Waals surface area contributed by atoms with Crippen LogP contribution in [0.1, 0.15) is 77.0 Å². The van der Waals surface area contributed by atoms with Crippen molar-refractivity contribution in [2.24, 2.45) is 16.9 Å². The standard InChI is InChI=1S/C23H46N6/c24-17-7-1-3-9-19(17)26-13-23(14-27-20-10-4-2-8-18(20)25)15-28-21-11-5-6-12-22(21)29-16-23/h17-22,26-29H,1-16,24-25H2/t17-,18-,19-,20-,21-,22-/m1/s1. The highest BCUT2D eigenvalue weighted by Gasteiger charge is 2.39. The molecule has 4 rings (SSSR count). The van der Waals surface area contributed by atoms with Gasteiger partial charge in [0.15, 0.2) is 0 Å². The first kappa shape index (κ1) is 22.0. The monoisotopic (exact) mass is 406 g/mol. The van der Waals surface area contributed by atoms with E-state index in [-0.39, 0.29) is 5.41 Å². The highest BCUT2D eigenvalue weighted by atomic mass is 15.1. The van der Waals surface area contributed by atoms with Gasteiger partial charge in [0.05, 0.1) is 0 Å². The molecule has 1 heterocycles. The van der Waals surface area contributed by atoms with E-state index in [0.717, 1.165) is 26.2 Å². The molecule has 6 heteroatoms. The Hall–Kier alpha value is -0.240. The summed E-state index contributed by atoms with van der Waals surface area (Å²) >= 11 is 0. The van der Waals surface area contributed by atoms with Gasteiger partial charge in [-0.05, 0) is 38.5 Å². The number of hydrogen-bond acceptors (Lipinski definition) is 6. The van der Waals surface area contributed by atoms with Gasteiger partial charge in [-0.25, -0.2) is 0 Å². The van der Waals surface area contributed by atoms with Gasteiger partial charge in [0, 0.05) is 67.8 Å². The molecule has 6 atom stereocenters. The molecule has 1 saturated heterocycles. The lowest BCUT2D eigenvalue weighted by atomic mass is 9.84. The fourth-order valence-electron chi connectivity index (χ4n) is 6.21. The van der Waals surface area contributed by atoms with Crippen LogP contribution in [-0.2, 0) is 0 Å². The van der Waals surface area contributed by atoms with Crippen LogP contribution >= 0.6 is 0 Å². The maximum absolute atomic E-state index is 6.45. The van der Waals surface area contributed by atoms with Crippen LogP contribution in [0.15, 0.2) is 0 Å². The Morgan fingerprint density at radius 2 is 1.03 bits per heavy atom. The smallest absolute Gasteiger partial charge is 0.0221 e. The van der Waals surface area contributed by atoms with E-state index < -0.39 is 0 Å². The lowest BCUT2D eigenvalue weighted by molar-refractivity contribution is 0.201. The molecule has 3 saturated carbocycles. The largest absolute Gasteiger partial charge is 0.326 e. The molecule has 6 nitrogen and oxygen atoms in total. The Bertz CT molecular complexity index is 456. The van der Waals surface area contributed by atoms with E-state index >= 15 is 0 Å². The van der Waals surface area contributed by atoms with Crippen LogP contribution in [0.5, 0.6) is 0 Å². The molecule has 1 aliphatic heterocycles. The van der Waals surface area contributed by atoms with Crippen LogP contribution in [0, 0.1) is 5.41 Å². The summed E-state index contributed by atoms with van der Waals surface area (Å²) in [6, 6.07) is 2.86. The molecule has 0 spiro atoms. The van der Waals surface area contributed by atoms with E-state index in [1.165, 1.54) is 77.0 Å². The van der Waals surface area contributed by atoms with E-state index in [1.54, 1.807) is 0 Å². The zero-order chi connectivity index (χ0) is 20.1.